The topological polar surface area (TPSA) is 41.5 Å². The number of amides is 1. The van der Waals surface area contributed by atoms with Crippen molar-refractivity contribution < 1.29 is 13.6 Å². The average Bonchev–Trinajstić information content (AvgIpc) is 3.08. The Morgan fingerprint density at radius 1 is 1.25 bits per heavy atom. The molecule has 1 spiro atoms. The third-order valence-electron chi connectivity index (χ3n) is 5.41. The number of carbonyl (C=O) groups is 1. The second kappa shape index (κ2) is 4.18. The maximum absolute atomic E-state index is 13.5. The van der Waals surface area contributed by atoms with Crippen molar-refractivity contribution in [2.45, 2.75) is 61.7 Å². The number of nitrogens with zero attached hydrogens (tertiary/aromatic N) is 1. The minimum Gasteiger partial charge on any atom is -0.304 e. The van der Waals surface area contributed by atoms with Gasteiger partial charge >= 0.3 is 0 Å². The van der Waals surface area contributed by atoms with Gasteiger partial charge in [0, 0.05) is 12.3 Å². The van der Waals surface area contributed by atoms with E-state index in [0.29, 0.717) is 18.0 Å². The summed E-state index contributed by atoms with van der Waals surface area (Å²) < 4.78 is 26.7. The van der Waals surface area contributed by atoms with Crippen molar-refractivity contribution in [3.8, 4) is 0 Å². The third kappa shape index (κ3) is 1.83. The van der Waals surface area contributed by atoms with E-state index >= 15 is 0 Å². The molecule has 3 atom stereocenters. The van der Waals surface area contributed by atoms with Gasteiger partial charge in [0.2, 0.25) is 5.91 Å². The molecule has 6 heteroatoms. The van der Waals surface area contributed by atoms with Gasteiger partial charge in [-0.15, -0.1) is 0 Å². The predicted octanol–water partition coefficient (Wildman–Crippen LogP) is 2.95. The van der Waals surface area contributed by atoms with Gasteiger partial charge in [0.25, 0.3) is 5.92 Å². The van der Waals surface area contributed by atoms with Crippen LogP contribution in [0, 0.1) is 11.8 Å². The molecule has 1 saturated heterocycles. The minimum absolute atomic E-state index is 0.000120. The fourth-order valence-electron chi connectivity index (χ4n) is 4.29. The first-order valence-corrected chi connectivity index (χ1v) is 8.26. The van der Waals surface area contributed by atoms with Gasteiger partial charge in [-0.05, 0) is 31.6 Å². The summed E-state index contributed by atoms with van der Waals surface area (Å²) in [7, 11) is 0. The summed E-state index contributed by atoms with van der Waals surface area (Å²) >= 11 is 1.54. The molecule has 0 aromatic rings. The highest BCUT2D eigenvalue weighted by Gasteiger charge is 2.57. The van der Waals surface area contributed by atoms with Crippen LogP contribution in [0.25, 0.3) is 0 Å². The molecule has 3 aliphatic carbocycles. The number of amidine groups is 1. The van der Waals surface area contributed by atoms with Gasteiger partial charge in [-0.2, -0.15) is 0 Å². The van der Waals surface area contributed by atoms with Crippen LogP contribution in [-0.2, 0) is 4.79 Å². The van der Waals surface area contributed by atoms with Crippen molar-refractivity contribution in [1.82, 2.24) is 5.32 Å². The standard InChI is InChI=1S/C14H18F2N2OS/c15-14(16)7-8-5-9(14)6-10(8)17-12-18-11(19)13(20-12)3-1-2-4-13/h8-10H,1-7H2,(H,17,18,19). The maximum atomic E-state index is 13.5. The van der Waals surface area contributed by atoms with Crippen LogP contribution in [0.5, 0.6) is 0 Å². The minimum atomic E-state index is -2.49. The Morgan fingerprint density at radius 2 is 2.00 bits per heavy atom. The molecule has 3 unspecified atom stereocenters. The molecule has 1 N–H and O–H groups in total. The number of rotatable bonds is 1. The molecule has 110 valence electrons. The molecule has 4 rings (SSSR count). The van der Waals surface area contributed by atoms with Crippen LogP contribution in [-0.4, -0.2) is 27.8 Å². The first-order chi connectivity index (χ1) is 9.48. The van der Waals surface area contributed by atoms with Gasteiger partial charge in [-0.1, -0.05) is 24.6 Å². The molecule has 1 heterocycles. The first-order valence-electron chi connectivity index (χ1n) is 7.45. The molecule has 0 radical (unpaired) electrons. The molecule has 20 heavy (non-hydrogen) atoms. The van der Waals surface area contributed by atoms with Crippen molar-refractivity contribution in [2.24, 2.45) is 16.8 Å². The molecular weight excluding hydrogens is 282 g/mol. The highest BCUT2D eigenvalue weighted by atomic mass is 32.2. The maximum Gasteiger partial charge on any atom is 0.251 e. The van der Waals surface area contributed by atoms with E-state index in [0.717, 1.165) is 25.7 Å². The van der Waals surface area contributed by atoms with Crippen molar-refractivity contribution in [2.75, 3.05) is 0 Å². The number of carbonyl (C=O) groups excluding carboxylic acids is 1. The molecule has 0 aromatic heterocycles. The van der Waals surface area contributed by atoms with E-state index in [-0.39, 0.29) is 29.0 Å². The Kier molecular flexibility index (Phi) is 2.73. The van der Waals surface area contributed by atoms with Gasteiger partial charge in [0.05, 0.1) is 6.04 Å². The number of halogens is 2. The van der Waals surface area contributed by atoms with E-state index in [1.165, 1.54) is 0 Å². The Bertz CT molecular complexity index is 488. The van der Waals surface area contributed by atoms with Crippen LogP contribution >= 0.6 is 11.8 Å². The van der Waals surface area contributed by atoms with Crippen LogP contribution in [0.1, 0.15) is 44.9 Å². The highest BCUT2D eigenvalue weighted by Crippen LogP contribution is 2.55. The molecule has 1 aliphatic heterocycles. The van der Waals surface area contributed by atoms with E-state index < -0.39 is 11.8 Å². The van der Waals surface area contributed by atoms with E-state index in [2.05, 4.69) is 10.3 Å². The van der Waals surface area contributed by atoms with Crippen LogP contribution in [0.3, 0.4) is 0 Å². The monoisotopic (exact) mass is 300 g/mol. The molecule has 2 bridgehead atoms. The van der Waals surface area contributed by atoms with Crippen LogP contribution in [0.4, 0.5) is 8.78 Å². The van der Waals surface area contributed by atoms with Gasteiger partial charge in [0.1, 0.15) is 4.75 Å². The number of hydrogen-bond acceptors (Lipinski definition) is 3. The summed E-state index contributed by atoms with van der Waals surface area (Å²) in [6.07, 6.45) is 5.06. The summed E-state index contributed by atoms with van der Waals surface area (Å²) in [5.74, 6) is -2.91. The smallest absolute Gasteiger partial charge is 0.251 e. The zero-order valence-corrected chi connectivity index (χ0v) is 12.0. The summed E-state index contributed by atoms with van der Waals surface area (Å²) in [5, 5.41) is 3.56. The number of aliphatic imine (C=N–C) groups is 1. The second-order valence-corrected chi connectivity index (χ2v) is 8.03. The van der Waals surface area contributed by atoms with Gasteiger partial charge < -0.3 is 5.32 Å². The van der Waals surface area contributed by atoms with Gasteiger partial charge in [-0.25, -0.2) is 8.78 Å². The zero-order valence-electron chi connectivity index (χ0n) is 11.2. The normalized spacial score (nSPS) is 42.8. The lowest BCUT2D eigenvalue weighted by atomic mass is 9.93. The van der Waals surface area contributed by atoms with Crippen molar-refractivity contribution in [3.63, 3.8) is 0 Å². The molecule has 0 aromatic carbocycles. The Labute approximate surface area is 121 Å². The Morgan fingerprint density at radius 3 is 2.60 bits per heavy atom. The van der Waals surface area contributed by atoms with Crippen molar-refractivity contribution in [1.29, 1.82) is 0 Å². The van der Waals surface area contributed by atoms with Gasteiger partial charge in [-0.3, -0.25) is 9.79 Å². The number of fused-ring (bicyclic) bond motifs is 2. The Hall–Kier alpha value is -0.650. The van der Waals surface area contributed by atoms with Crippen molar-refractivity contribution in [3.05, 3.63) is 0 Å². The van der Waals surface area contributed by atoms with E-state index in [9.17, 15) is 13.6 Å². The fourth-order valence-corrected chi connectivity index (χ4v) is 5.63. The zero-order chi connectivity index (χ0) is 14.0. The predicted molar refractivity (Wildman–Crippen MR) is 73.9 cm³/mol. The largest absolute Gasteiger partial charge is 0.304 e. The van der Waals surface area contributed by atoms with Crippen molar-refractivity contribution >= 4 is 22.8 Å². The summed E-state index contributed by atoms with van der Waals surface area (Å²) in [4.78, 5) is 16.7. The third-order valence-corrected chi connectivity index (χ3v) is 6.79. The quantitative estimate of drug-likeness (QED) is 0.809. The number of hydrogen-bond donors (Lipinski definition) is 1. The lowest BCUT2D eigenvalue weighted by Crippen LogP contribution is -2.34. The van der Waals surface area contributed by atoms with E-state index in [1.807, 2.05) is 0 Å². The van der Waals surface area contributed by atoms with Crippen LogP contribution in [0.15, 0.2) is 4.99 Å². The summed E-state index contributed by atoms with van der Waals surface area (Å²) in [6.45, 7) is 0. The molecule has 4 fully saturated rings. The Balaban J connectivity index is 1.49. The molecule has 1 amide bonds. The lowest BCUT2D eigenvalue weighted by Gasteiger charge is -2.25. The summed E-state index contributed by atoms with van der Waals surface area (Å²) in [6, 6.07) is -0.0148. The van der Waals surface area contributed by atoms with E-state index in [4.69, 9.17) is 0 Å². The molecule has 3 saturated carbocycles. The highest BCUT2D eigenvalue weighted by molar-refractivity contribution is 8.16. The van der Waals surface area contributed by atoms with Crippen LogP contribution < -0.4 is 5.32 Å². The SMILES string of the molecule is O=C1NC(=NC2CC3CC2CC3(F)F)SC12CCCC2. The number of thioether (sulfide) groups is 1. The van der Waals surface area contributed by atoms with E-state index in [1.54, 1.807) is 11.8 Å². The number of alkyl halides is 2. The van der Waals surface area contributed by atoms with Gasteiger partial charge in [0.15, 0.2) is 5.17 Å². The number of nitrogens with one attached hydrogen (secondary N) is 1. The fraction of sp³-hybridized carbons (Fsp3) is 0.857. The summed E-state index contributed by atoms with van der Waals surface area (Å²) in [5.41, 5.74) is 0. The lowest BCUT2D eigenvalue weighted by molar-refractivity contribution is -0.121. The van der Waals surface area contributed by atoms with Crippen LogP contribution in [0.2, 0.25) is 0 Å². The molecule has 3 nitrogen and oxygen atoms in total. The molecular formula is C14H18F2N2OS. The molecule has 4 aliphatic rings. The second-order valence-electron chi connectivity index (χ2n) is 6.65. The average molecular weight is 300 g/mol. The first kappa shape index (κ1) is 13.0.